The summed E-state index contributed by atoms with van der Waals surface area (Å²) in [4.78, 5) is 25.2. The quantitative estimate of drug-likeness (QED) is 0.0978. The molecule has 3 aromatic carbocycles. The minimum absolute atomic E-state index is 0.215. The third-order valence-electron chi connectivity index (χ3n) is 6.07. The summed E-state index contributed by atoms with van der Waals surface area (Å²) in [5, 5.41) is 11.6. The van der Waals surface area contributed by atoms with Gasteiger partial charge in [-0.2, -0.15) is 5.10 Å². The summed E-state index contributed by atoms with van der Waals surface area (Å²) in [6.07, 6.45) is 1.39. The summed E-state index contributed by atoms with van der Waals surface area (Å²) in [7, 11) is 0. The molecule has 0 radical (unpaired) electrons. The van der Waals surface area contributed by atoms with Crippen LogP contribution in [0.4, 0.5) is 0 Å². The van der Waals surface area contributed by atoms with Gasteiger partial charge >= 0.3 is 5.97 Å². The molecule has 13 heteroatoms. The van der Waals surface area contributed by atoms with E-state index < -0.39 is 17.9 Å². The van der Waals surface area contributed by atoms with E-state index in [0.717, 1.165) is 5.56 Å². The number of para-hydroxylation sites is 1. The van der Waals surface area contributed by atoms with Gasteiger partial charge in [0.15, 0.2) is 17.5 Å². The second-order valence-corrected chi connectivity index (χ2v) is 10.8. The van der Waals surface area contributed by atoms with Crippen molar-refractivity contribution >= 4 is 70.2 Å². The molecule has 43 heavy (non-hydrogen) atoms. The summed E-state index contributed by atoms with van der Waals surface area (Å²) < 4.78 is 16.8. The Labute approximate surface area is 269 Å². The molecule has 1 amide bonds. The van der Waals surface area contributed by atoms with Gasteiger partial charge in [0.2, 0.25) is 0 Å². The van der Waals surface area contributed by atoms with Crippen molar-refractivity contribution in [1.82, 2.24) is 16.1 Å². The lowest BCUT2D eigenvalue weighted by Crippen LogP contribution is -2.45. The van der Waals surface area contributed by atoms with E-state index in [1.165, 1.54) is 6.21 Å². The molecule has 1 atom stereocenters. The minimum Gasteiger partial charge on any atom is -0.486 e. The lowest BCUT2D eigenvalue weighted by Gasteiger charge is -2.30. The van der Waals surface area contributed by atoms with E-state index in [0.29, 0.717) is 44.0 Å². The van der Waals surface area contributed by atoms with Gasteiger partial charge < -0.3 is 24.8 Å². The van der Waals surface area contributed by atoms with Crippen LogP contribution in [0.15, 0.2) is 77.0 Å². The number of amides is 1. The highest BCUT2D eigenvalue weighted by atomic mass is 35.5. The topological polar surface area (TPSA) is 110 Å². The molecule has 0 fully saturated rings. The van der Waals surface area contributed by atoms with Crippen LogP contribution in [-0.2, 0) is 20.9 Å². The molecule has 9 nitrogen and oxygen atoms in total. The fourth-order valence-corrected chi connectivity index (χ4v) is 5.15. The Hall–Kier alpha value is -3.83. The molecule has 0 unspecified atom stereocenters. The number of carbonyl (C=O) groups is 2. The molecule has 3 aromatic rings. The van der Waals surface area contributed by atoms with Crippen LogP contribution in [0.2, 0.25) is 15.1 Å². The van der Waals surface area contributed by atoms with Crippen LogP contribution in [0.25, 0.3) is 0 Å². The average Bonchev–Trinajstić information content (AvgIpc) is 2.96. The number of thiocarbonyl (C=S) groups is 1. The first-order chi connectivity index (χ1) is 20.7. The maximum absolute atomic E-state index is 12.7. The Morgan fingerprint density at radius 1 is 1.05 bits per heavy atom. The number of nitrogens with one attached hydrogen (secondary N) is 3. The first kappa shape index (κ1) is 32.1. The number of hydrogen-bond donors (Lipinski definition) is 3. The smallest absolute Gasteiger partial charge is 0.338 e. The van der Waals surface area contributed by atoms with Gasteiger partial charge in [-0.05, 0) is 67.5 Å². The average molecular weight is 662 g/mol. The van der Waals surface area contributed by atoms with Crippen molar-refractivity contribution in [2.45, 2.75) is 26.5 Å². The normalized spacial score (nSPS) is 14.6. The van der Waals surface area contributed by atoms with Gasteiger partial charge in [0.25, 0.3) is 5.91 Å². The molecule has 0 bridgehead atoms. The van der Waals surface area contributed by atoms with Crippen LogP contribution >= 0.6 is 47.0 Å². The van der Waals surface area contributed by atoms with Crippen LogP contribution in [-0.4, -0.2) is 36.4 Å². The van der Waals surface area contributed by atoms with Gasteiger partial charge in [-0.15, -0.1) is 0 Å². The Bertz CT molecular complexity index is 1560. The van der Waals surface area contributed by atoms with Gasteiger partial charge in [-0.3, -0.25) is 4.79 Å². The number of halogens is 3. The Kier molecular flexibility index (Phi) is 11.2. The second kappa shape index (κ2) is 15.1. The van der Waals surface area contributed by atoms with E-state index in [-0.39, 0.29) is 29.9 Å². The van der Waals surface area contributed by atoms with Crippen molar-refractivity contribution in [3.05, 3.63) is 104 Å². The zero-order valence-electron chi connectivity index (χ0n) is 23.1. The summed E-state index contributed by atoms with van der Waals surface area (Å²) in [5.41, 5.74) is 5.38. The number of hydrazone groups is 1. The molecule has 0 saturated heterocycles. The Morgan fingerprint density at radius 2 is 1.74 bits per heavy atom. The Balaban J connectivity index is 1.37. The highest BCUT2D eigenvalue weighted by Crippen LogP contribution is 2.35. The van der Waals surface area contributed by atoms with E-state index in [1.807, 2.05) is 12.1 Å². The molecule has 1 aliphatic rings. The minimum atomic E-state index is -0.641. The number of esters is 1. The first-order valence-electron chi connectivity index (χ1n) is 13.0. The fraction of sp³-hybridized carbons (Fsp3) is 0.200. The highest BCUT2D eigenvalue weighted by molar-refractivity contribution is 7.80. The predicted molar refractivity (Wildman–Crippen MR) is 171 cm³/mol. The van der Waals surface area contributed by atoms with Crippen LogP contribution in [0.1, 0.15) is 36.6 Å². The van der Waals surface area contributed by atoms with Crippen LogP contribution in [0.3, 0.4) is 0 Å². The molecule has 3 N–H and O–H groups in total. The summed E-state index contributed by atoms with van der Waals surface area (Å²) in [5.74, 6) is -0.300. The van der Waals surface area contributed by atoms with Gasteiger partial charge in [0.05, 0.1) is 34.5 Å². The molecule has 0 saturated carbocycles. The third kappa shape index (κ3) is 8.61. The largest absolute Gasteiger partial charge is 0.486 e. The van der Waals surface area contributed by atoms with E-state index in [4.69, 9.17) is 61.2 Å². The van der Waals surface area contributed by atoms with Crippen LogP contribution < -0.4 is 25.5 Å². The highest BCUT2D eigenvalue weighted by Gasteiger charge is 2.32. The molecule has 1 aliphatic heterocycles. The van der Waals surface area contributed by atoms with E-state index in [9.17, 15) is 9.59 Å². The zero-order chi connectivity index (χ0) is 30.9. The Morgan fingerprint density at radius 3 is 2.44 bits per heavy atom. The van der Waals surface area contributed by atoms with Gasteiger partial charge in [-0.1, -0.05) is 65.1 Å². The number of carbonyl (C=O) groups excluding carboxylic acids is 2. The van der Waals surface area contributed by atoms with Crippen molar-refractivity contribution in [2.75, 3.05) is 13.2 Å². The maximum Gasteiger partial charge on any atom is 0.338 e. The standard InChI is InChI=1S/C30H27Cl3N4O5S/c1-3-40-29(39)26-17(2)35-30(43)36-27(26)21-6-4-5-7-24(21)41-16-25(38)37-34-14-19-12-22(32)28(23(33)13-19)42-15-18-8-10-20(31)11-9-18/h4-14,27H,3,15-16H2,1-2H3,(H,37,38)(H2,35,36,43)/t27-/m0/s1. The summed E-state index contributed by atoms with van der Waals surface area (Å²) >= 11 is 24.0. The molecule has 224 valence electrons. The number of nitrogens with zero attached hydrogens (tertiary/aromatic N) is 1. The van der Waals surface area contributed by atoms with E-state index in [2.05, 4.69) is 21.2 Å². The van der Waals surface area contributed by atoms with Gasteiger partial charge in [-0.25, -0.2) is 10.2 Å². The SMILES string of the molecule is CCOC(=O)C1=C(C)NC(=S)N[C@H]1c1ccccc1OCC(=O)NN=Cc1cc(Cl)c(OCc2ccc(Cl)cc2)c(Cl)c1. The van der Waals surface area contributed by atoms with Gasteiger partial charge in [0.1, 0.15) is 12.4 Å². The molecule has 0 aromatic heterocycles. The molecule has 0 spiro atoms. The predicted octanol–water partition coefficient (Wildman–Crippen LogP) is 6.11. The fourth-order valence-electron chi connectivity index (χ4n) is 4.14. The van der Waals surface area contributed by atoms with Crippen molar-refractivity contribution in [1.29, 1.82) is 0 Å². The number of allylic oxidation sites excluding steroid dienone is 1. The van der Waals surface area contributed by atoms with Crippen molar-refractivity contribution < 1.29 is 23.8 Å². The maximum atomic E-state index is 12.7. The molecule has 4 rings (SSSR count). The lowest BCUT2D eigenvalue weighted by molar-refractivity contribution is -0.139. The molecular weight excluding hydrogens is 635 g/mol. The summed E-state index contributed by atoms with van der Waals surface area (Å²) in [6.45, 7) is 3.59. The first-order valence-corrected chi connectivity index (χ1v) is 14.6. The molecular formula is C30H27Cl3N4O5S. The van der Waals surface area contributed by atoms with Crippen LogP contribution in [0.5, 0.6) is 11.5 Å². The number of rotatable bonds is 11. The number of ether oxygens (including phenoxy) is 3. The van der Waals surface area contributed by atoms with Crippen molar-refractivity contribution in [3.8, 4) is 11.5 Å². The van der Waals surface area contributed by atoms with E-state index >= 15 is 0 Å². The number of benzene rings is 3. The third-order valence-corrected chi connectivity index (χ3v) is 7.11. The number of hydrogen-bond acceptors (Lipinski definition) is 7. The monoisotopic (exact) mass is 660 g/mol. The zero-order valence-corrected chi connectivity index (χ0v) is 26.2. The van der Waals surface area contributed by atoms with Crippen molar-refractivity contribution in [2.24, 2.45) is 5.10 Å². The second-order valence-electron chi connectivity index (χ2n) is 9.14. The molecule has 0 aliphatic carbocycles. The lowest BCUT2D eigenvalue weighted by atomic mass is 9.95. The van der Waals surface area contributed by atoms with E-state index in [1.54, 1.807) is 62.4 Å². The van der Waals surface area contributed by atoms with Crippen molar-refractivity contribution in [3.63, 3.8) is 0 Å². The van der Waals surface area contributed by atoms with Gasteiger partial charge in [0, 0.05) is 16.3 Å². The van der Waals surface area contributed by atoms with Crippen LogP contribution in [0, 0.1) is 0 Å². The molecule has 1 heterocycles. The summed E-state index contributed by atoms with van der Waals surface area (Å²) in [6, 6.07) is 16.8.